The third-order valence-corrected chi connectivity index (χ3v) is 8.09. The quantitative estimate of drug-likeness (QED) is 0.473. The summed E-state index contributed by atoms with van der Waals surface area (Å²) in [7, 11) is -3.52. The minimum Gasteiger partial charge on any atom is -0.492 e. The SMILES string of the molecule is CCOc1ccccc1-n1nnn(CN2CCN(S(=O)(=O)c3ccc(C)cc3C)CC2)c1=S. The first kappa shape index (κ1) is 23.6. The zero-order valence-corrected chi connectivity index (χ0v) is 20.6. The van der Waals surface area contributed by atoms with Crippen molar-refractivity contribution in [3.63, 3.8) is 0 Å². The number of hydrogen-bond acceptors (Lipinski definition) is 7. The van der Waals surface area contributed by atoms with Crippen LogP contribution in [0.2, 0.25) is 0 Å². The Labute approximate surface area is 199 Å². The van der Waals surface area contributed by atoms with E-state index in [4.69, 9.17) is 17.0 Å². The first-order valence-electron chi connectivity index (χ1n) is 10.9. The number of aryl methyl sites for hydroxylation is 2. The van der Waals surface area contributed by atoms with Crippen molar-refractivity contribution in [1.29, 1.82) is 0 Å². The van der Waals surface area contributed by atoms with Gasteiger partial charge < -0.3 is 4.74 Å². The normalized spacial score (nSPS) is 15.6. The summed E-state index contributed by atoms with van der Waals surface area (Å²) in [5.41, 5.74) is 2.55. The molecule has 1 aromatic heterocycles. The van der Waals surface area contributed by atoms with E-state index >= 15 is 0 Å². The second-order valence-corrected chi connectivity index (χ2v) is 10.3. The third-order valence-electron chi connectivity index (χ3n) is 5.65. The topological polar surface area (TPSA) is 85.5 Å². The highest BCUT2D eigenvalue weighted by Crippen LogP contribution is 2.23. The Morgan fingerprint density at radius 3 is 2.45 bits per heavy atom. The van der Waals surface area contributed by atoms with Crippen molar-refractivity contribution in [2.45, 2.75) is 32.3 Å². The molecule has 1 saturated heterocycles. The van der Waals surface area contributed by atoms with Gasteiger partial charge in [-0.2, -0.15) is 8.99 Å². The van der Waals surface area contributed by atoms with E-state index in [1.807, 2.05) is 57.2 Å². The van der Waals surface area contributed by atoms with Gasteiger partial charge in [0, 0.05) is 26.2 Å². The van der Waals surface area contributed by atoms with Crippen LogP contribution >= 0.6 is 12.2 Å². The van der Waals surface area contributed by atoms with Crippen LogP contribution in [0.5, 0.6) is 5.75 Å². The average Bonchev–Trinajstić information content (AvgIpc) is 3.14. The summed E-state index contributed by atoms with van der Waals surface area (Å²) in [5, 5.41) is 8.44. The average molecular weight is 489 g/mol. The summed E-state index contributed by atoms with van der Waals surface area (Å²) in [6, 6.07) is 13.0. The summed E-state index contributed by atoms with van der Waals surface area (Å²) in [4.78, 5) is 2.50. The fourth-order valence-corrected chi connectivity index (χ4v) is 5.81. The van der Waals surface area contributed by atoms with Gasteiger partial charge in [0.05, 0.1) is 18.2 Å². The number of hydrogen-bond donors (Lipinski definition) is 0. The van der Waals surface area contributed by atoms with Crippen molar-refractivity contribution in [2.24, 2.45) is 0 Å². The fourth-order valence-electron chi connectivity index (χ4n) is 3.95. The number of aromatic nitrogens is 4. The van der Waals surface area contributed by atoms with Crippen LogP contribution in [0.25, 0.3) is 5.69 Å². The Bertz CT molecular complexity index is 1290. The first-order valence-corrected chi connectivity index (χ1v) is 12.7. The lowest BCUT2D eigenvalue weighted by Gasteiger charge is -2.33. The van der Waals surface area contributed by atoms with Crippen molar-refractivity contribution in [1.82, 2.24) is 29.0 Å². The maximum atomic E-state index is 13.1. The van der Waals surface area contributed by atoms with Gasteiger partial charge in [-0.05, 0) is 67.2 Å². The summed E-state index contributed by atoms with van der Waals surface area (Å²) < 4.78 is 37.2. The Morgan fingerprint density at radius 1 is 1.03 bits per heavy atom. The highest BCUT2D eigenvalue weighted by molar-refractivity contribution is 7.89. The van der Waals surface area contributed by atoms with Crippen LogP contribution < -0.4 is 4.74 Å². The maximum absolute atomic E-state index is 13.1. The van der Waals surface area contributed by atoms with Crippen LogP contribution in [-0.4, -0.2) is 70.2 Å². The minimum absolute atomic E-state index is 0.375. The van der Waals surface area contributed by atoms with Gasteiger partial charge in [0.15, 0.2) is 0 Å². The molecule has 33 heavy (non-hydrogen) atoms. The molecule has 1 fully saturated rings. The van der Waals surface area contributed by atoms with E-state index in [1.54, 1.807) is 19.7 Å². The van der Waals surface area contributed by atoms with Crippen LogP contribution in [-0.2, 0) is 16.7 Å². The smallest absolute Gasteiger partial charge is 0.243 e. The lowest BCUT2D eigenvalue weighted by molar-refractivity contribution is 0.143. The molecule has 3 aromatic rings. The van der Waals surface area contributed by atoms with Crippen LogP contribution in [0, 0.1) is 18.6 Å². The molecule has 1 aliphatic heterocycles. The van der Waals surface area contributed by atoms with Crippen molar-refractivity contribution < 1.29 is 13.2 Å². The molecule has 176 valence electrons. The van der Waals surface area contributed by atoms with Gasteiger partial charge >= 0.3 is 0 Å². The Kier molecular flexibility index (Phi) is 6.94. The van der Waals surface area contributed by atoms with Crippen LogP contribution in [0.15, 0.2) is 47.4 Å². The second-order valence-electron chi connectivity index (χ2n) is 8.01. The third kappa shape index (κ3) is 4.86. The van der Waals surface area contributed by atoms with E-state index in [1.165, 1.54) is 0 Å². The summed E-state index contributed by atoms with van der Waals surface area (Å²) >= 11 is 5.60. The van der Waals surface area contributed by atoms with Gasteiger partial charge in [-0.1, -0.05) is 29.8 Å². The molecule has 0 saturated carbocycles. The lowest BCUT2D eigenvalue weighted by Crippen LogP contribution is -2.49. The van der Waals surface area contributed by atoms with Crippen molar-refractivity contribution in [2.75, 3.05) is 32.8 Å². The predicted molar refractivity (Wildman–Crippen MR) is 128 cm³/mol. The van der Waals surface area contributed by atoms with Crippen LogP contribution in [0.4, 0.5) is 0 Å². The number of piperazine rings is 1. The zero-order valence-electron chi connectivity index (χ0n) is 19.0. The number of ether oxygens (including phenoxy) is 1. The molecule has 0 bridgehead atoms. The maximum Gasteiger partial charge on any atom is 0.243 e. The molecule has 0 aliphatic carbocycles. The van der Waals surface area contributed by atoms with Crippen molar-refractivity contribution in [3.05, 3.63) is 58.4 Å². The van der Waals surface area contributed by atoms with Crippen LogP contribution in [0.3, 0.4) is 0 Å². The van der Waals surface area contributed by atoms with Gasteiger partial charge in [0.25, 0.3) is 0 Å². The van der Waals surface area contributed by atoms with E-state index in [0.717, 1.165) is 16.8 Å². The predicted octanol–water partition coefficient (Wildman–Crippen LogP) is 2.78. The molecule has 0 radical (unpaired) electrons. The number of para-hydroxylation sites is 2. The molecule has 2 heterocycles. The second kappa shape index (κ2) is 9.72. The molecular weight excluding hydrogens is 460 g/mol. The highest BCUT2D eigenvalue weighted by Gasteiger charge is 2.30. The molecule has 0 N–H and O–H groups in total. The molecule has 2 aromatic carbocycles. The summed E-state index contributed by atoms with van der Waals surface area (Å²) in [6.45, 7) is 8.66. The Hall–Kier alpha value is -2.60. The zero-order chi connectivity index (χ0) is 23.6. The molecule has 11 heteroatoms. The largest absolute Gasteiger partial charge is 0.492 e. The molecule has 4 rings (SSSR count). The van der Waals surface area contributed by atoms with E-state index < -0.39 is 10.0 Å². The van der Waals surface area contributed by atoms with Gasteiger partial charge in [-0.3, -0.25) is 4.90 Å². The van der Waals surface area contributed by atoms with E-state index in [-0.39, 0.29) is 0 Å². The lowest BCUT2D eigenvalue weighted by atomic mass is 10.2. The monoisotopic (exact) mass is 488 g/mol. The number of tetrazole rings is 1. The molecule has 0 amide bonds. The van der Waals surface area contributed by atoms with E-state index in [2.05, 4.69) is 15.3 Å². The highest BCUT2D eigenvalue weighted by atomic mass is 32.2. The molecule has 0 unspecified atom stereocenters. The van der Waals surface area contributed by atoms with Gasteiger partial charge in [-0.15, -0.1) is 0 Å². The number of sulfonamides is 1. The van der Waals surface area contributed by atoms with Crippen molar-refractivity contribution >= 4 is 22.2 Å². The molecule has 1 aliphatic rings. The Morgan fingerprint density at radius 2 is 1.76 bits per heavy atom. The first-order chi connectivity index (χ1) is 15.8. The molecular formula is C22H28N6O3S2. The van der Waals surface area contributed by atoms with Crippen molar-refractivity contribution in [3.8, 4) is 11.4 Å². The van der Waals surface area contributed by atoms with Gasteiger partial charge in [0.2, 0.25) is 14.8 Å². The van der Waals surface area contributed by atoms with Crippen LogP contribution in [0.1, 0.15) is 18.1 Å². The molecule has 9 nitrogen and oxygen atoms in total. The summed E-state index contributed by atoms with van der Waals surface area (Å²) in [6.07, 6.45) is 0. The summed E-state index contributed by atoms with van der Waals surface area (Å²) in [5.74, 6) is 0.688. The minimum atomic E-state index is -3.52. The molecule has 0 spiro atoms. The van der Waals surface area contributed by atoms with E-state index in [0.29, 0.717) is 54.9 Å². The van der Waals surface area contributed by atoms with Gasteiger partial charge in [0.1, 0.15) is 11.4 Å². The fraction of sp³-hybridized carbons (Fsp3) is 0.409. The Balaban J connectivity index is 1.45. The number of benzene rings is 2. The van der Waals surface area contributed by atoms with Gasteiger partial charge in [-0.25, -0.2) is 13.1 Å². The molecule has 0 atom stereocenters. The number of nitrogens with zero attached hydrogens (tertiary/aromatic N) is 6. The number of rotatable bonds is 7. The van der Waals surface area contributed by atoms with E-state index in [9.17, 15) is 8.42 Å². The standard InChI is InChI=1S/C22H28N6O3S2/c1-4-31-20-8-6-5-7-19(20)28-22(32)27(23-24-28)16-25-11-13-26(14-12-25)33(29,30)21-10-9-17(2)15-18(21)3/h5-10,15H,4,11-14,16H2,1-3H3.